The summed E-state index contributed by atoms with van der Waals surface area (Å²) in [4.78, 5) is 24.3. The highest BCUT2D eigenvalue weighted by Crippen LogP contribution is 2.29. The lowest BCUT2D eigenvalue weighted by atomic mass is 9.98. The summed E-state index contributed by atoms with van der Waals surface area (Å²) in [5.41, 5.74) is 3.57. The van der Waals surface area contributed by atoms with Gasteiger partial charge in [-0.3, -0.25) is 4.79 Å². The standard InChI is InChI=1S/C40H56N4O3/c1-7-34(45)21-14-15-26-44(28-30(4)24-25-41)39-37(23-13-11-18-33-20-16-19-32-17-10-12-22-36(32)33)38(9-3)42-40(43-39)47-29-31(5)27-35(8-2)46-6/h7,10,12,16-17,19-20,22,30-31,35H,1,8-9,11,13-15,18,21,23-24,26-29H2,2-6H3/t30-,31-,35-/m0/s1. The largest absolute Gasteiger partial charge is 0.463 e. The third-order valence-corrected chi connectivity index (χ3v) is 8.94. The number of aromatic nitrogens is 2. The Hall–Kier alpha value is -3.76. The molecule has 1 heterocycles. The molecule has 0 fully saturated rings. The number of allylic oxidation sites excluding steroid dienone is 1. The summed E-state index contributed by atoms with van der Waals surface area (Å²) in [5.74, 6) is 1.44. The van der Waals surface area contributed by atoms with Crippen LogP contribution in [0.25, 0.3) is 10.8 Å². The first-order valence-electron chi connectivity index (χ1n) is 17.6. The summed E-state index contributed by atoms with van der Waals surface area (Å²) >= 11 is 0. The van der Waals surface area contributed by atoms with E-state index in [0.717, 1.165) is 75.8 Å². The van der Waals surface area contributed by atoms with Gasteiger partial charge in [-0.1, -0.05) is 76.7 Å². The minimum atomic E-state index is 0.0696. The molecule has 3 rings (SSSR count). The number of unbranched alkanes of at least 4 members (excludes halogenated alkanes) is 2. The molecule has 0 radical (unpaired) electrons. The van der Waals surface area contributed by atoms with E-state index in [4.69, 9.17) is 19.4 Å². The summed E-state index contributed by atoms with van der Waals surface area (Å²) in [6.07, 6.45) is 10.8. The normalized spacial score (nSPS) is 13.1. The van der Waals surface area contributed by atoms with Crippen LogP contribution in [0.5, 0.6) is 6.01 Å². The monoisotopic (exact) mass is 640 g/mol. The van der Waals surface area contributed by atoms with Crippen molar-refractivity contribution in [3.8, 4) is 12.1 Å². The van der Waals surface area contributed by atoms with Gasteiger partial charge in [-0.25, -0.2) is 0 Å². The van der Waals surface area contributed by atoms with Crippen molar-refractivity contribution in [2.45, 2.75) is 104 Å². The van der Waals surface area contributed by atoms with Gasteiger partial charge in [-0.05, 0) is 92.0 Å². The van der Waals surface area contributed by atoms with Crippen molar-refractivity contribution < 1.29 is 14.3 Å². The van der Waals surface area contributed by atoms with Gasteiger partial charge in [0.05, 0.1) is 24.5 Å². The Kier molecular flexibility index (Phi) is 16.4. The van der Waals surface area contributed by atoms with Crippen molar-refractivity contribution in [2.75, 3.05) is 31.7 Å². The lowest BCUT2D eigenvalue weighted by Crippen LogP contribution is -2.32. The minimum absolute atomic E-state index is 0.0696. The van der Waals surface area contributed by atoms with Crippen LogP contribution in [0.1, 0.15) is 95.9 Å². The van der Waals surface area contributed by atoms with Gasteiger partial charge in [0.1, 0.15) is 5.82 Å². The predicted molar refractivity (Wildman–Crippen MR) is 193 cm³/mol. The van der Waals surface area contributed by atoms with Gasteiger partial charge in [-0.2, -0.15) is 15.2 Å². The molecule has 0 aliphatic rings. The average Bonchev–Trinajstić information content (AvgIpc) is 3.09. The molecular formula is C40H56N4O3. The van der Waals surface area contributed by atoms with E-state index in [1.807, 2.05) is 0 Å². The van der Waals surface area contributed by atoms with Gasteiger partial charge in [0.2, 0.25) is 0 Å². The molecule has 47 heavy (non-hydrogen) atoms. The quantitative estimate of drug-likeness (QED) is 0.0756. The third-order valence-electron chi connectivity index (χ3n) is 8.94. The van der Waals surface area contributed by atoms with Crippen LogP contribution in [0.3, 0.4) is 0 Å². The lowest BCUT2D eigenvalue weighted by molar-refractivity contribution is -0.114. The second-order valence-corrected chi connectivity index (χ2v) is 12.9. The molecular weight excluding hydrogens is 584 g/mol. The average molecular weight is 641 g/mol. The van der Waals surface area contributed by atoms with E-state index in [9.17, 15) is 10.1 Å². The van der Waals surface area contributed by atoms with Crippen molar-refractivity contribution in [2.24, 2.45) is 11.8 Å². The van der Waals surface area contributed by atoms with Crippen molar-refractivity contribution in [1.29, 1.82) is 5.26 Å². The van der Waals surface area contributed by atoms with Crippen LogP contribution < -0.4 is 9.64 Å². The van der Waals surface area contributed by atoms with Crippen molar-refractivity contribution in [3.63, 3.8) is 0 Å². The molecule has 0 amide bonds. The maximum absolute atomic E-state index is 11.9. The van der Waals surface area contributed by atoms with Gasteiger partial charge < -0.3 is 14.4 Å². The van der Waals surface area contributed by atoms with Crippen LogP contribution >= 0.6 is 0 Å². The zero-order valence-electron chi connectivity index (χ0n) is 29.5. The van der Waals surface area contributed by atoms with Gasteiger partial charge in [0.15, 0.2) is 5.78 Å². The van der Waals surface area contributed by atoms with Crippen LogP contribution in [0.2, 0.25) is 0 Å². The van der Waals surface area contributed by atoms with Crippen LogP contribution in [0.15, 0.2) is 55.1 Å². The number of hydrogen-bond donors (Lipinski definition) is 0. The van der Waals surface area contributed by atoms with Crippen molar-refractivity contribution in [1.82, 2.24) is 9.97 Å². The minimum Gasteiger partial charge on any atom is -0.463 e. The Morgan fingerprint density at radius 2 is 1.79 bits per heavy atom. The van der Waals surface area contributed by atoms with Gasteiger partial charge in [-0.15, -0.1) is 0 Å². The molecule has 0 aliphatic carbocycles. The van der Waals surface area contributed by atoms with Gasteiger partial charge in [0, 0.05) is 38.6 Å². The number of nitrogens with zero attached hydrogens (tertiary/aromatic N) is 4. The summed E-state index contributed by atoms with van der Waals surface area (Å²) in [5, 5.41) is 12.1. The molecule has 0 spiro atoms. The van der Waals surface area contributed by atoms with E-state index >= 15 is 0 Å². The maximum atomic E-state index is 11.9. The summed E-state index contributed by atoms with van der Waals surface area (Å²) < 4.78 is 11.9. The molecule has 3 aromatic rings. The molecule has 254 valence electrons. The zero-order chi connectivity index (χ0) is 34.0. The first-order valence-corrected chi connectivity index (χ1v) is 17.6. The third kappa shape index (κ3) is 12.1. The number of carbonyl (C=O) groups is 1. The van der Waals surface area contributed by atoms with E-state index in [0.29, 0.717) is 37.9 Å². The Balaban J connectivity index is 1.88. The Bertz CT molecular complexity index is 1440. The summed E-state index contributed by atoms with van der Waals surface area (Å²) in [6.45, 7) is 14.2. The topological polar surface area (TPSA) is 88.3 Å². The number of benzene rings is 2. The molecule has 0 bridgehead atoms. The van der Waals surface area contributed by atoms with E-state index in [1.54, 1.807) is 7.11 Å². The highest BCUT2D eigenvalue weighted by atomic mass is 16.5. The van der Waals surface area contributed by atoms with E-state index in [-0.39, 0.29) is 17.8 Å². The van der Waals surface area contributed by atoms with E-state index < -0.39 is 0 Å². The first kappa shape index (κ1) is 37.7. The number of fused-ring (bicyclic) bond motifs is 1. The number of anilines is 1. The molecule has 0 saturated heterocycles. The van der Waals surface area contributed by atoms with Crippen LogP contribution in [-0.2, 0) is 28.8 Å². The van der Waals surface area contributed by atoms with Gasteiger partial charge in [0.25, 0.3) is 0 Å². The van der Waals surface area contributed by atoms with Crippen molar-refractivity contribution >= 4 is 22.4 Å². The highest BCUT2D eigenvalue weighted by Gasteiger charge is 2.22. The molecule has 7 heteroatoms. The first-order chi connectivity index (χ1) is 22.8. The number of methoxy groups -OCH3 is 1. The van der Waals surface area contributed by atoms with Crippen LogP contribution in [0, 0.1) is 23.2 Å². The van der Waals surface area contributed by atoms with Crippen LogP contribution in [0.4, 0.5) is 5.82 Å². The number of carbonyl (C=O) groups excluding carboxylic acids is 1. The Labute approximate surface area is 283 Å². The summed E-state index contributed by atoms with van der Waals surface area (Å²) in [6, 6.07) is 17.9. The number of nitriles is 1. The number of ketones is 1. The molecule has 0 saturated carbocycles. The number of rotatable bonds is 23. The number of aryl methyl sites for hydroxylation is 2. The van der Waals surface area contributed by atoms with E-state index in [2.05, 4.69) is 87.7 Å². The smallest absolute Gasteiger partial charge is 0.318 e. The SMILES string of the molecule is C=CC(=O)CCCCN(C[C@@H](C)CC#N)c1nc(OC[C@@H](C)C[C@H](CC)OC)nc(CC)c1CCCCc1cccc2ccccc12. The molecule has 1 aromatic heterocycles. The Morgan fingerprint density at radius 3 is 2.51 bits per heavy atom. The molecule has 0 N–H and O–H groups in total. The second-order valence-electron chi connectivity index (χ2n) is 12.9. The van der Waals surface area contributed by atoms with Gasteiger partial charge >= 0.3 is 6.01 Å². The molecule has 3 atom stereocenters. The molecule has 0 aliphatic heterocycles. The van der Waals surface area contributed by atoms with Crippen LogP contribution in [-0.4, -0.2) is 48.7 Å². The fourth-order valence-corrected chi connectivity index (χ4v) is 6.24. The Morgan fingerprint density at radius 1 is 1.02 bits per heavy atom. The number of ether oxygens (including phenoxy) is 2. The summed E-state index contributed by atoms with van der Waals surface area (Å²) in [7, 11) is 1.76. The number of hydrogen-bond acceptors (Lipinski definition) is 7. The maximum Gasteiger partial charge on any atom is 0.318 e. The second kappa shape index (κ2) is 20.5. The zero-order valence-corrected chi connectivity index (χ0v) is 29.5. The van der Waals surface area contributed by atoms with E-state index in [1.165, 1.54) is 28.0 Å². The predicted octanol–water partition coefficient (Wildman–Crippen LogP) is 8.87. The highest BCUT2D eigenvalue weighted by molar-refractivity contribution is 5.89. The lowest BCUT2D eigenvalue weighted by Gasteiger charge is -2.29. The molecule has 7 nitrogen and oxygen atoms in total. The molecule has 2 aromatic carbocycles. The fourth-order valence-electron chi connectivity index (χ4n) is 6.24. The van der Waals surface area contributed by atoms with Crippen molar-refractivity contribution in [3.05, 3.63) is 71.9 Å². The molecule has 0 unspecified atom stereocenters. The fraction of sp³-hybridized carbons (Fsp3) is 0.550.